The monoisotopic (exact) mass is 450 g/mol. The second kappa shape index (κ2) is 13.6. The molecule has 0 radical (unpaired) electrons. The Kier molecular flexibility index (Phi) is 10.2. The molecule has 33 heavy (non-hydrogen) atoms. The molecule has 1 aliphatic heterocycles. The predicted octanol–water partition coefficient (Wildman–Crippen LogP) is 5.52. The highest BCUT2D eigenvalue weighted by Crippen LogP contribution is 2.20. The fourth-order valence-electron chi connectivity index (χ4n) is 4.28. The number of hydrogen-bond acceptors (Lipinski definition) is 3. The molecular weight excluding hydrogens is 412 g/mol. The summed E-state index contributed by atoms with van der Waals surface area (Å²) in [6, 6.07) is 17.3. The van der Waals surface area contributed by atoms with Crippen LogP contribution in [0.1, 0.15) is 74.2 Å². The van der Waals surface area contributed by atoms with E-state index in [9.17, 15) is 9.59 Å². The first kappa shape index (κ1) is 24.8. The molecule has 1 heterocycles. The summed E-state index contributed by atoms with van der Waals surface area (Å²) in [4.78, 5) is 27.9. The van der Waals surface area contributed by atoms with Crippen LogP contribution in [0.25, 0.3) is 0 Å². The maximum absolute atomic E-state index is 13.2. The van der Waals surface area contributed by atoms with Crippen molar-refractivity contribution in [2.75, 3.05) is 18.4 Å². The van der Waals surface area contributed by atoms with Crippen LogP contribution in [0.3, 0.4) is 0 Å². The minimum atomic E-state index is -0.269. The van der Waals surface area contributed by atoms with Gasteiger partial charge >= 0.3 is 6.03 Å². The zero-order valence-corrected chi connectivity index (χ0v) is 19.8. The number of urea groups is 1. The Bertz CT molecular complexity index is 871. The molecule has 2 aromatic rings. The molecule has 3 amide bonds. The van der Waals surface area contributed by atoms with Gasteiger partial charge in [-0.3, -0.25) is 9.69 Å². The van der Waals surface area contributed by atoms with Crippen LogP contribution in [0.15, 0.2) is 54.6 Å². The summed E-state index contributed by atoms with van der Waals surface area (Å²) in [5, 5.41) is 8.96. The average molecular weight is 451 g/mol. The highest BCUT2D eigenvalue weighted by Gasteiger charge is 2.25. The lowest BCUT2D eigenvalue weighted by molar-refractivity contribution is 0.0754. The molecule has 0 bridgehead atoms. The van der Waals surface area contributed by atoms with Crippen molar-refractivity contribution in [1.82, 2.24) is 15.5 Å². The first-order valence-corrected chi connectivity index (χ1v) is 12.4. The molecular formula is C27H38N4O2. The summed E-state index contributed by atoms with van der Waals surface area (Å²) in [5.74, 6) is -0.157. The van der Waals surface area contributed by atoms with Gasteiger partial charge in [-0.2, -0.15) is 0 Å². The van der Waals surface area contributed by atoms with Gasteiger partial charge in [0, 0.05) is 19.6 Å². The van der Waals surface area contributed by atoms with Crippen molar-refractivity contribution in [1.29, 1.82) is 0 Å². The van der Waals surface area contributed by atoms with E-state index in [1.54, 1.807) is 12.1 Å². The Hall–Kier alpha value is -2.86. The zero-order valence-electron chi connectivity index (χ0n) is 19.8. The average Bonchev–Trinajstić information content (AvgIpc) is 2.83. The number of carbonyl (C=O) groups excluding carboxylic acids is 2. The molecule has 6 nitrogen and oxygen atoms in total. The van der Waals surface area contributed by atoms with Gasteiger partial charge in [-0.25, -0.2) is 4.79 Å². The van der Waals surface area contributed by atoms with Crippen LogP contribution < -0.4 is 16.0 Å². The highest BCUT2D eigenvalue weighted by molar-refractivity contribution is 6.03. The SMILES string of the molecule is CCCCCCCNC(=O)Nc1ccccc1C(=O)NC1CCCCN1Cc1ccccc1. The first-order valence-electron chi connectivity index (χ1n) is 12.4. The quantitative estimate of drug-likeness (QED) is 0.395. The molecule has 1 unspecified atom stereocenters. The topological polar surface area (TPSA) is 73.5 Å². The van der Waals surface area contributed by atoms with Crippen molar-refractivity contribution in [3.05, 3.63) is 65.7 Å². The molecule has 0 saturated carbocycles. The van der Waals surface area contributed by atoms with E-state index in [2.05, 4.69) is 39.9 Å². The van der Waals surface area contributed by atoms with Crippen molar-refractivity contribution in [2.45, 2.75) is 71.0 Å². The lowest BCUT2D eigenvalue weighted by Gasteiger charge is -2.36. The molecule has 1 saturated heterocycles. The summed E-state index contributed by atoms with van der Waals surface area (Å²) in [7, 11) is 0. The van der Waals surface area contributed by atoms with Crippen LogP contribution in [0.5, 0.6) is 0 Å². The van der Waals surface area contributed by atoms with Crippen molar-refractivity contribution < 1.29 is 9.59 Å². The number of nitrogens with one attached hydrogen (secondary N) is 3. The van der Waals surface area contributed by atoms with E-state index in [1.165, 1.54) is 24.8 Å². The van der Waals surface area contributed by atoms with E-state index in [0.29, 0.717) is 17.8 Å². The molecule has 3 N–H and O–H groups in total. The molecule has 0 aromatic heterocycles. The number of likely N-dealkylation sites (tertiary alicyclic amines) is 1. The fourth-order valence-corrected chi connectivity index (χ4v) is 4.28. The normalized spacial score (nSPS) is 16.2. The number of anilines is 1. The van der Waals surface area contributed by atoms with Gasteiger partial charge in [0.15, 0.2) is 0 Å². The number of benzene rings is 2. The van der Waals surface area contributed by atoms with Crippen molar-refractivity contribution >= 4 is 17.6 Å². The molecule has 1 atom stereocenters. The number of amides is 3. The number of piperidine rings is 1. The Morgan fingerprint density at radius 3 is 2.52 bits per heavy atom. The fraction of sp³-hybridized carbons (Fsp3) is 0.481. The van der Waals surface area contributed by atoms with Gasteiger partial charge in [-0.15, -0.1) is 0 Å². The lowest BCUT2D eigenvalue weighted by Crippen LogP contribution is -2.50. The van der Waals surface area contributed by atoms with Crippen LogP contribution in [0.2, 0.25) is 0 Å². The second-order valence-electron chi connectivity index (χ2n) is 8.78. The highest BCUT2D eigenvalue weighted by atomic mass is 16.2. The zero-order chi connectivity index (χ0) is 23.3. The third-order valence-electron chi connectivity index (χ3n) is 6.13. The van der Waals surface area contributed by atoms with E-state index in [1.807, 2.05) is 30.3 Å². The Balaban J connectivity index is 1.55. The molecule has 0 spiro atoms. The molecule has 1 aliphatic rings. The minimum absolute atomic E-state index is 0.0172. The van der Waals surface area contributed by atoms with Gasteiger partial charge < -0.3 is 16.0 Å². The summed E-state index contributed by atoms with van der Waals surface area (Å²) >= 11 is 0. The van der Waals surface area contributed by atoms with Gasteiger partial charge in [-0.1, -0.05) is 75.1 Å². The molecule has 6 heteroatoms. The maximum atomic E-state index is 13.2. The van der Waals surface area contributed by atoms with E-state index < -0.39 is 0 Å². The Morgan fingerprint density at radius 1 is 0.939 bits per heavy atom. The van der Waals surface area contributed by atoms with E-state index in [-0.39, 0.29) is 18.1 Å². The van der Waals surface area contributed by atoms with E-state index >= 15 is 0 Å². The van der Waals surface area contributed by atoms with Gasteiger partial charge in [0.25, 0.3) is 5.91 Å². The number of hydrogen-bond donors (Lipinski definition) is 3. The molecule has 1 fully saturated rings. The molecule has 178 valence electrons. The number of carbonyl (C=O) groups is 2. The largest absolute Gasteiger partial charge is 0.338 e. The van der Waals surface area contributed by atoms with Crippen molar-refractivity contribution in [2.24, 2.45) is 0 Å². The molecule has 3 rings (SSSR count). The van der Waals surface area contributed by atoms with Crippen LogP contribution in [-0.2, 0) is 6.54 Å². The van der Waals surface area contributed by atoms with Crippen LogP contribution in [0.4, 0.5) is 10.5 Å². The summed E-state index contributed by atoms with van der Waals surface area (Å²) in [5.41, 5.74) is 2.26. The first-order chi connectivity index (χ1) is 16.2. The second-order valence-corrected chi connectivity index (χ2v) is 8.78. The van der Waals surface area contributed by atoms with Gasteiger partial charge in [0.1, 0.15) is 0 Å². The van der Waals surface area contributed by atoms with Gasteiger partial charge in [0.2, 0.25) is 0 Å². The third kappa shape index (κ3) is 8.21. The summed E-state index contributed by atoms with van der Waals surface area (Å²) in [6.07, 6.45) is 8.86. The van der Waals surface area contributed by atoms with E-state index in [4.69, 9.17) is 0 Å². The van der Waals surface area contributed by atoms with Crippen LogP contribution in [0, 0.1) is 0 Å². The van der Waals surface area contributed by atoms with Gasteiger partial charge in [0.05, 0.1) is 17.4 Å². The smallest absolute Gasteiger partial charge is 0.319 e. The minimum Gasteiger partial charge on any atom is -0.338 e. The maximum Gasteiger partial charge on any atom is 0.319 e. The van der Waals surface area contributed by atoms with E-state index in [0.717, 1.165) is 45.2 Å². The van der Waals surface area contributed by atoms with Crippen molar-refractivity contribution in [3.8, 4) is 0 Å². The lowest BCUT2D eigenvalue weighted by atomic mass is 10.1. The number of rotatable bonds is 11. The van der Waals surface area contributed by atoms with Gasteiger partial charge in [-0.05, 0) is 43.4 Å². The Morgan fingerprint density at radius 2 is 1.70 bits per heavy atom. The standard InChI is InChI=1S/C27H38N4O2/c1-2-3-4-5-12-19-28-27(33)29-24-17-10-9-16-23(24)26(32)30-25-18-11-13-20-31(25)21-22-14-7-6-8-15-22/h6-10,14-17,25H,2-5,11-13,18-21H2,1H3,(H,30,32)(H2,28,29,33). The van der Waals surface area contributed by atoms with Crippen molar-refractivity contribution in [3.63, 3.8) is 0 Å². The summed E-state index contributed by atoms with van der Waals surface area (Å²) in [6.45, 7) is 4.60. The molecule has 2 aromatic carbocycles. The number of para-hydroxylation sites is 1. The number of unbranched alkanes of at least 4 members (excludes halogenated alkanes) is 4. The molecule has 0 aliphatic carbocycles. The predicted molar refractivity (Wildman–Crippen MR) is 134 cm³/mol. The van der Waals surface area contributed by atoms with Crippen LogP contribution >= 0.6 is 0 Å². The number of nitrogens with zero attached hydrogens (tertiary/aromatic N) is 1. The van der Waals surface area contributed by atoms with Crippen LogP contribution in [-0.4, -0.2) is 36.1 Å². The third-order valence-corrected chi connectivity index (χ3v) is 6.13. The summed E-state index contributed by atoms with van der Waals surface area (Å²) < 4.78 is 0. The Labute approximate surface area is 198 Å².